The van der Waals surface area contributed by atoms with Gasteiger partial charge in [-0.1, -0.05) is 16.8 Å². The van der Waals surface area contributed by atoms with Crippen molar-refractivity contribution in [1.29, 1.82) is 0 Å². The van der Waals surface area contributed by atoms with Crippen LogP contribution in [-0.2, 0) is 0 Å². The molecule has 100 valence electrons. The molecule has 1 aromatic rings. The summed E-state index contributed by atoms with van der Waals surface area (Å²) in [6.07, 6.45) is 0. The summed E-state index contributed by atoms with van der Waals surface area (Å²) in [5.74, 6) is 0.144. The topological polar surface area (TPSA) is 65.1 Å². The van der Waals surface area contributed by atoms with Crippen LogP contribution in [0, 0.1) is 6.92 Å². The number of hydrogen-bond donors (Lipinski definition) is 2. The molecule has 5 heteroatoms. The van der Waals surface area contributed by atoms with Crippen molar-refractivity contribution in [3.05, 3.63) is 29.3 Å². The van der Waals surface area contributed by atoms with Gasteiger partial charge in [-0.05, 0) is 33.2 Å². The number of likely N-dealkylation sites (N-methyl/N-ethyl adjacent to an activating group) is 2. The third-order valence-corrected chi connectivity index (χ3v) is 2.83. The van der Waals surface area contributed by atoms with E-state index >= 15 is 0 Å². The van der Waals surface area contributed by atoms with Crippen LogP contribution in [0.4, 0.5) is 5.69 Å². The molecule has 0 saturated heterocycles. The van der Waals surface area contributed by atoms with E-state index in [4.69, 9.17) is 10.9 Å². The maximum absolute atomic E-state index is 8.84. The number of rotatable bonds is 5. The Bertz CT molecular complexity index is 429. The molecule has 0 amide bonds. The minimum absolute atomic E-state index is 0.144. The molecule has 18 heavy (non-hydrogen) atoms. The van der Waals surface area contributed by atoms with Crippen molar-refractivity contribution in [3.8, 4) is 0 Å². The van der Waals surface area contributed by atoms with Crippen LogP contribution < -0.4 is 10.6 Å². The summed E-state index contributed by atoms with van der Waals surface area (Å²) in [5, 5.41) is 11.9. The zero-order valence-corrected chi connectivity index (χ0v) is 11.5. The SMILES string of the molecule is Cc1ccc(N(C)CCN(C)C)c(/C(N)=N/O)c1. The second kappa shape index (κ2) is 6.26. The van der Waals surface area contributed by atoms with Crippen LogP contribution in [-0.4, -0.2) is 50.2 Å². The lowest BCUT2D eigenvalue weighted by atomic mass is 10.1. The summed E-state index contributed by atoms with van der Waals surface area (Å²) in [4.78, 5) is 4.22. The molecular weight excluding hydrogens is 228 g/mol. The standard InChI is InChI=1S/C13H22N4O/c1-10-5-6-12(11(9-10)13(14)15-18)17(4)8-7-16(2)3/h5-6,9,18H,7-8H2,1-4H3,(H2,14,15). The number of nitrogens with zero attached hydrogens (tertiary/aromatic N) is 3. The minimum Gasteiger partial charge on any atom is -0.409 e. The van der Waals surface area contributed by atoms with Gasteiger partial charge >= 0.3 is 0 Å². The molecule has 0 spiro atoms. The van der Waals surface area contributed by atoms with E-state index < -0.39 is 0 Å². The molecule has 0 saturated carbocycles. The zero-order chi connectivity index (χ0) is 13.7. The molecule has 0 radical (unpaired) electrons. The van der Waals surface area contributed by atoms with Crippen molar-refractivity contribution in [2.45, 2.75) is 6.92 Å². The van der Waals surface area contributed by atoms with Gasteiger partial charge < -0.3 is 20.7 Å². The zero-order valence-electron chi connectivity index (χ0n) is 11.5. The molecule has 0 aliphatic heterocycles. The first kappa shape index (κ1) is 14.3. The number of nitrogens with two attached hydrogens (primary N) is 1. The third-order valence-electron chi connectivity index (χ3n) is 2.83. The second-order valence-electron chi connectivity index (χ2n) is 4.73. The summed E-state index contributed by atoms with van der Waals surface area (Å²) >= 11 is 0. The van der Waals surface area contributed by atoms with Crippen LogP contribution in [0.15, 0.2) is 23.4 Å². The van der Waals surface area contributed by atoms with Crippen LogP contribution in [0.5, 0.6) is 0 Å². The molecule has 1 rings (SSSR count). The molecular formula is C13H22N4O. The highest BCUT2D eigenvalue weighted by Crippen LogP contribution is 2.20. The lowest BCUT2D eigenvalue weighted by Gasteiger charge is -2.24. The van der Waals surface area contributed by atoms with Crippen LogP contribution >= 0.6 is 0 Å². The Morgan fingerprint density at radius 1 is 1.28 bits per heavy atom. The van der Waals surface area contributed by atoms with E-state index in [1.54, 1.807) is 0 Å². The van der Waals surface area contributed by atoms with Crippen LogP contribution in [0.3, 0.4) is 0 Å². The van der Waals surface area contributed by atoms with Gasteiger partial charge in [0.2, 0.25) is 0 Å². The first-order valence-corrected chi connectivity index (χ1v) is 5.90. The first-order valence-electron chi connectivity index (χ1n) is 5.90. The van der Waals surface area contributed by atoms with E-state index in [9.17, 15) is 0 Å². The summed E-state index contributed by atoms with van der Waals surface area (Å²) in [5.41, 5.74) is 8.54. The van der Waals surface area contributed by atoms with Gasteiger partial charge in [0.1, 0.15) is 0 Å². The predicted octanol–water partition coefficient (Wildman–Crippen LogP) is 1.09. The van der Waals surface area contributed by atoms with E-state index in [1.807, 2.05) is 46.3 Å². The van der Waals surface area contributed by atoms with Crippen molar-refractivity contribution in [2.24, 2.45) is 10.9 Å². The van der Waals surface area contributed by atoms with Gasteiger partial charge in [0.15, 0.2) is 5.84 Å². The molecule has 0 aliphatic carbocycles. The minimum atomic E-state index is 0.144. The number of anilines is 1. The number of aryl methyl sites for hydroxylation is 1. The molecule has 0 bridgehead atoms. The van der Waals surface area contributed by atoms with Crippen LogP contribution in [0.25, 0.3) is 0 Å². The average Bonchev–Trinajstić information content (AvgIpc) is 2.34. The van der Waals surface area contributed by atoms with Crippen LogP contribution in [0.2, 0.25) is 0 Å². The highest BCUT2D eigenvalue weighted by atomic mass is 16.4. The van der Waals surface area contributed by atoms with Crippen molar-refractivity contribution in [3.63, 3.8) is 0 Å². The fraction of sp³-hybridized carbons (Fsp3) is 0.462. The van der Waals surface area contributed by atoms with Crippen molar-refractivity contribution in [1.82, 2.24) is 4.90 Å². The fourth-order valence-corrected chi connectivity index (χ4v) is 1.71. The van der Waals surface area contributed by atoms with Crippen molar-refractivity contribution in [2.75, 3.05) is 39.1 Å². The highest BCUT2D eigenvalue weighted by molar-refractivity contribution is 6.02. The molecule has 0 heterocycles. The number of benzene rings is 1. The van der Waals surface area contributed by atoms with Gasteiger partial charge in [0.25, 0.3) is 0 Å². The lowest BCUT2D eigenvalue weighted by Crippen LogP contribution is -2.30. The maximum atomic E-state index is 8.84. The summed E-state index contributed by atoms with van der Waals surface area (Å²) in [6, 6.07) is 5.95. The Labute approximate surface area is 108 Å². The summed E-state index contributed by atoms with van der Waals surface area (Å²) < 4.78 is 0. The van der Waals surface area contributed by atoms with Crippen molar-refractivity contribution < 1.29 is 5.21 Å². The Morgan fingerprint density at radius 3 is 2.50 bits per heavy atom. The van der Waals surface area contributed by atoms with Gasteiger partial charge in [-0.3, -0.25) is 0 Å². The van der Waals surface area contributed by atoms with Gasteiger partial charge in [-0.25, -0.2) is 0 Å². The smallest absolute Gasteiger partial charge is 0.172 e. The predicted molar refractivity (Wildman–Crippen MR) is 75.5 cm³/mol. The fourth-order valence-electron chi connectivity index (χ4n) is 1.71. The highest BCUT2D eigenvalue weighted by Gasteiger charge is 2.11. The monoisotopic (exact) mass is 250 g/mol. The maximum Gasteiger partial charge on any atom is 0.172 e. The van der Waals surface area contributed by atoms with E-state index in [2.05, 4.69) is 15.0 Å². The van der Waals surface area contributed by atoms with Crippen LogP contribution in [0.1, 0.15) is 11.1 Å². The van der Waals surface area contributed by atoms with Gasteiger partial charge in [-0.2, -0.15) is 0 Å². The van der Waals surface area contributed by atoms with E-state index in [0.29, 0.717) is 0 Å². The molecule has 0 aliphatic rings. The Kier molecular flexibility index (Phi) is 4.97. The molecule has 0 aromatic heterocycles. The number of amidine groups is 1. The Morgan fingerprint density at radius 2 is 1.94 bits per heavy atom. The average molecular weight is 250 g/mol. The van der Waals surface area contributed by atoms with Gasteiger partial charge in [0.05, 0.1) is 0 Å². The number of oxime groups is 1. The first-order chi connectivity index (χ1) is 8.45. The largest absolute Gasteiger partial charge is 0.409 e. The lowest BCUT2D eigenvalue weighted by molar-refractivity contribution is 0.318. The van der Waals surface area contributed by atoms with E-state index in [-0.39, 0.29) is 5.84 Å². The summed E-state index contributed by atoms with van der Waals surface area (Å²) in [7, 11) is 6.07. The molecule has 0 fully saturated rings. The quantitative estimate of drug-likeness (QED) is 0.355. The molecule has 0 atom stereocenters. The molecule has 3 N–H and O–H groups in total. The molecule has 5 nitrogen and oxygen atoms in total. The van der Waals surface area contributed by atoms with Gasteiger partial charge in [0, 0.05) is 31.4 Å². The van der Waals surface area contributed by atoms with E-state index in [0.717, 1.165) is 29.9 Å². The molecule has 0 unspecified atom stereocenters. The normalized spacial score (nSPS) is 11.9. The number of hydrogen-bond acceptors (Lipinski definition) is 4. The second-order valence-corrected chi connectivity index (χ2v) is 4.73. The molecule has 1 aromatic carbocycles. The Hall–Kier alpha value is -1.75. The van der Waals surface area contributed by atoms with Gasteiger partial charge in [-0.15, -0.1) is 0 Å². The van der Waals surface area contributed by atoms with E-state index in [1.165, 1.54) is 0 Å². The summed E-state index contributed by atoms with van der Waals surface area (Å²) in [6.45, 7) is 3.81. The Balaban J connectivity index is 3.00. The third kappa shape index (κ3) is 3.63. The van der Waals surface area contributed by atoms with Crippen molar-refractivity contribution >= 4 is 11.5 Å².